The monoisotopic (exact) mass is 961 g/mol. The summed E-state index contributed by atoms with van der Waals surface area (Å²) < 4.78 is 0. The van der Waals surface area contributed by atoms with Gasteiger partial charge in [0.25, 0.3) is 0 Å². The van der Waals surface area contributed by atoms with E-state index >= 15 is 0 Å². The van der Waals surface area contributed by atoms with E-state index in [1.165, 1.54) is 100 Å². The molecule has 360 valence electrons. The minimum Gasteiger partial charge on any atom is -0.310 e. The Labute approximate surface area is 443 Å². The number of hydrogen-bond acceptors (Lipinski definition) is 1. The lowest BCUT2D eigenvalue weighted by Crippen LogP contribution is -2.32. The van der Waals surface area contributed by atoms with Crippen LogP contribution in [-0.2, 0) is 16.2 Å². The van der Waals surface area contributed by atoms with Crippen molar-refractivity contribution in [3.8, 4) is 45.2 Å². The zero-order valence-corrected chi connectivity index (χ0v) is 43.1. The Balaban J connectivity index is 1.15. The Morgan fingerprint density at radius 3 is 1.96 bits per heavy atom. The smallest absolute Gasteiger partial charge is 0.0710 e. The molecule has 0 fully saturated rings. The molecular weight excluding hydrogens is 903 g/mol. The van der Waals surface area contributed by atoms with E-state index in [-0.39, 0.29) is 5.41 Å². The van der Waals surface area contributed by atoms with Crippen molar-refractivity contribution in [3.05, 3.63) is 311 Å². The maximum absolute atomic E-state index is 4.35. The third kappa shape index (κ3) is 6.93. The summed E-state index contributed by atoms with van der Waals surface area (Å²) in [5.41, 5.74) is 24.6. The summed E-state index contributed by atoms with van der Waals surface area (Å²) in [6, 6.07) is 71.2. The van der Waals surface area contributed by atoms with Crippen molar-refractivity contribution in [3.63, 3.8) is 0 Å². The fourth-order valence-electron chi connectivity index (χ4n) is 13.7. The van der Waals surface area contributed by atoms with Crippen LogP contribution in [0.4, 0.5) is 17.1 Å². The van der Waals surface area contributed by atoms with Gasteiger partial charge in [0.1, 0.15) is 0 Å². The number of nitrogens with zero attached hydrogens (tertiary/aromatic N) is 1. The van der Waals surface area contributed by atoms with Crippen LogP contribution in [0, 0.1) is 11.8 Å². The van der Waals surface area contributed by atoms with Gasteiger partial charge in [-0.3, -0.25) is 0 Å². The highest BCUT2D eigenvalue weighted by Crippen LogP contribution is 2.65. The molecule has 0 bridgehead atoms. The van der Waals surface area contributed by atoms with Crippen LogP contribution < -0.4 is 4.90 Å². The summed E-state index contributed by atoms with van der Waals surface area (Å²) in [7, 11) is 0. The van der Waals surface area contributed by atoms with Gasteiger partial charge in [-0.15, -0.1) is 0 Å². The molecule has 2 atom stereocenters. The SMILES string of the molecule is C=CC1=C(/C=C\C)c2ccc(N(c3ccc(-c4ccccc4)cc3)c3cccc4c3-c3cc5c(cc3C4(/C3=C/C=C\CC#CC3)c3ccccc3)C(C3=CCCC=C3)(c3ccccc3)c3ccccc3-5)cc2C1(C)C. The summed E-state index contributed by atoms with van der Waals surface area (Å²) >= 11 is 0. The van der Waals surface area contributed by atoms with Crippen molar-refractivity contribution in [2.45, 2.75) is 62.7 Å². The van der Waals surface area contributed by atoms with Crippen LogP contribution in [0.25, 0.3) is 39.0 Å². The minimum absolute atomic E-state index is 0.264. The maximum Gasteiger partial charge on any atom is 0.0710 e. The molecule has 13 rings (SSSR count). The molecule has 5 aliphatic rings. The van der Waals surface area contributed by atoms with E-state index in [1.807, 2.05) is 0 Å². The summed E-state index contributed by atoms with van der Waals surface area (Å²) in [5.74, 6) is 7.18. The van der Waals surface area contributed by atoms with Crippen molar-refractivity contribution < 1.29 is 0 Å². The topological polar surface area (TPSA) is 3.24 Å². The number of rotatable bonds is 10. The molecule has 0 heterocycles. The Kier molecular flexibility index (Phi) is 11.3. The number of benzene rings is 8. The molecule has 75 heavy (non-hydrogen) atoms. The lowest BCUT2D eigenvalue weighted by molar-refractivity contribution is 0.654. The molecule has 8 aromatic rings. The summed E-state index contributed by atoms with van der Waals surface area (Å²) in [5, 5.41) is 0. The molecule has 8 aromatic carbocycles. The van der Waals surface area contributed by atoms with Crippen LogP contribution >= 0.6 is 0 Å². The summed E-state index contributed by atoms with van der Waals surface area (Å²) in [4.78, 5) is 2.54. The van der Waals surface area contributed by atoms with Gasteiger partial charge in [0.05, 0.1) is 16.5 Å². The molecule has 0 aliphatic heterocycles. The van der Waals surface area contributed by atoms with Crippen molar-refractivity contribution in [2.75, 3.05) is 4.90 Å². The zero-order valence-electron chi connectivity index (χ0n) is 43.1. The highest BCUT2D eigenvalue weighted by Gasteiger charge is 2.53. The highest BCUT2D eigenvalue weighted by atomic mass is 15.1. The van der Waals surface area contributed by atoms with E-state index in [1.54, 1.807) is 0 Å². The molecule has 0 radical (unpaired) electrons. The maximum atomic E-state index is 4.35. The Hall–Kier alpha value is -8.70. The van der Waals surface area contributed by atoms with Crippen LogP contribution in [0.5, 0.6) is 0 Å². The molecule has 2 unspecified atom stereocenters. The van der Waals surface area contributed by atoms with Gasteiger partial charge in [-0.1, -0.05) is 239 Å². The van der Waals surface area contributed by atoms with Gasteiger partial charge in [-0.2, -0.15) is 0 Å². The van der Waals surface area contributed by atoms with Gasteiger partial charge < -0.3 is 4.90 Å². The van der Waals surface area contributed by atoms with Crippen LogP contribution in [0.15, 0.2) is 266 Å². The fourth-order valence-corrected chi connectivity index (χ4v) is 13.7. The first kappa shape index (κ1) is 46.1. The van der Waals surface area contributed by atoms with Gasteiger partial charge >= 0.3 is 0 Å². The molecule has 0 N–H and O–H groups in total. The molecule has 1 nitrogen and oxygen atoms in total. The number of fused-ring (bicyclic) bond motifs is 7. The molecule has 0 saturated carbocycles. The van der Waals surface area contributed by atoms with Crippen molar-refractivity contribution in [1.29, 1.82) is 0 Å². The number of allylic oxidation sites excluding steroid dienone is 13. The largest absolute Gasteiger partial charge is 0.310 e. The van der Waals surface area contributed by atoms with Crippen LogP contribution in [0.2, 0.25) is 0 Å². The predicted molar refractivity (Wildman–Crippen MR) is 316 cm³/mol. The first-order valence-electron chi connectivity index (χ1n) is 26.7. The van der Waals surface area contributed by atoms with E-state index in [0.29, 0.717) is 6.42 Å². The molecular formula is C74H59N. The van der Waals surface area contributed by atoms with E-state index in [9.17, 15) is 0 Å². The van der Waals surface area contributed by atoms with E-state index in [0.717, 1.165) is 36.3 Å². The van der Waals surface area contributed by atoms with E-state index in [2.05, 4.69) is 287 Å². The summed E-state index contributed by atoms with van der Waals surface area (Å²) in [6.45, 7) is 11.2. The second-order valence-corrected chi connectivity index (χ2v) is 21.0. The molecule has 0 aromatic heterocycles. The van der Waals surface area contributed by atoms with Crippen molar-refractivity contribution >= 4 is 22.6 Å². The van der Waals surface area contributed by atoms with Gasteiger partial charge in [0.2, 0.25) is 0 Å². The van der Waals surface area contributed by atoms with Gasteiger partial charge in [0, 0.05) is 35.2 Å². The van der Waals surface area contributed by atoms with Crippen LogP contribution in [0.3, 0.4) is 0 Å². The molecule has 5 aliphatic carbocycles. The average Bonchev–Trinajstić information content (AvgIpc) is 4.00. The molecule has 0 saturated heterocycles. The van der Waals surface area contributed by atoms with E-state index in [4.69, 9.17) is 0 Å². The van der Waals surface area contributed by atoms with Crippen LogP contribution in [0.1, 0.15) is 91.0 Å². The lowest BCUT2D eigenvalue weighted by atomic mass is 9.63. The van der Waals surface area contributed by atoms with Crippen LogP contribution in [-0.4, -0.2) is 0 Å². The standard InChI is InChI=1S/C74H59N/c1-5-27-59-61-47-46-58(48-67(61)72(3,4)64(59)6-2)75(57-44-42-52(43-45-57)51-28-14-10-15-29-51)70-41-26-40-66-71(70)63-49-62-60-38-24-25-39-65(60)73(53-32-18-11-19-33-53,54-34-20-12-21-35-54)68(62)50-69(63)74(66,56-36-22-13-23-37-56)55-30-16-8-7-9-17-31-55/h5-6,8,10-11,13-16,18-20,22-30,32-50H,2,7,12,21,31H2,1,3-4H3/b16-8-,27-5-,55-30+. The number of hydrogen-bond donors (Lipinski definition) is 0. The van der Waals surface area contributed by atoms with Gasteiger partial charge in [-0.05, 0) is 151 Å². The summed E-state index contributed by atoms with van der Waals surface area (Å²) in [6.07, 6.45) is 24.0. The third-order valence-electron chi connectivity index (χ3n) is 16.9. The lowest BCUT2D eigenvalue weighted by Gasteiger charge is -2.38. The second kappa shape index (κ2) is 18.3. The van der Waals surface area contributed by atoms with E-state index < -0.39 is 10.8 Å². The first-order valence-corrected chi connectivity index (χ1v) is 26.7. The van der Waals surface area contributed by atoms with Crippen molar-refractivity contribution in [1.82, 2.24) is 0 Å². The second-order valence-electron chi connectivity index (χ2n) is 21.0. The van der Waals surface area contributed by atoms with Gasteiger partial charge in [0.15, 0.2) is 0 Å². The molecule has 0 spiro atoms. The Morgan fingerprint density at radius 1 is 0.547 bits per heavy atom. The Bertz CT molecular complexity index is 3860. The predicted octanol–water partition coefficient (Wildman–Crippen LogP) is 18.8. The quantitative estimate of drug-likeness (QED) is 0.123. The zero-order chi connectivity index (χ0) is 50.7. The third-order valence-corrected chi connectivity index (χ3v) is 16.9. The first-order chi connectivity index (χ1) is 36.9. The average molecular weight is 962 g/mol. The number of anilines is 3. The van der Waals surface area contributed by atoms with Gasteiger partial charge in [-0.25, -0.2) is 0 Å². The minimum atomic E-state index is -0.700. The normalized spacial score (nSPS) is 20.5. The fraction of sp³-hybridized carbons (Fsp3) is 0.135. The highest BCUT2D eigenvalue weighted by molar-refractivity contribution is 6.01. The molecule has 1 heteroatoms. The van der Waals surface area contributed by atoms with Crippen molar-refractivity contribution in [2.24, 2.45) is 0 Å². The molecule has 0 amide bonds. The Morgan fingerprint density at radius 2 is 1.23 bits per heavy atom.